The molecule has 0 heterocycles. The Hall–Kier alpha value is -3.13. The van der Waals surface area contributed by atoms with Crippen LogP contribution in [0.5, 0.6) is 11.5 Å². The molecular weight excluding hydrogens is 350 g/mol. The maximum Gasteiger partial charge on any atom is 0.414 e. The topological polar surface area (TPSA) is 85.2 Å². The standard InChI is InChI=1S/C19H23N3O5/c1-20(2)19(23)26-17-10-6-15(7-11-17)5-4-14-21(3)27-18-12-8-16(9-13-18)22(24)25/h6-13H,4-5,14H2,1-3H3. The Kier molecular flexibility index (Phi) is 7.13. The van der Waals surface area contributed by atoms with E-state index in [1.807, 2.05) is 19.2 Å². The third-order valence-corrected chi connectivity index (χ3v) is 3.74. The van der Waals surface area contributed by atoms with Crippen molar-refractivity contribution >= 4 is 11.8 Å². The minimum Gasteiger partial charge on any atom is -0.410 e. The lowest BCUT2D eigenvalue weighted by Gasteiger charge is -2.17. The summed E-state index contributed by atoms with van der Waals surface area (Å²) in [6.07, 6.45) is 1.30. The summed E-state index contributed by atoms with van der Waals surface area (Å²) >= 11 is 0. The number of benzene rings is 2. The third kappa shape index (κ3) is 6.59. The van der Waals surface area contributed by atoms with Gasteiger partial charge < -0.3 is 14.5 Å². The number of non-ortho nitro benzene ring substituents is 1. The second-order valence-corrected chi connectivity index (χ2v) is 6.20. The Labute approximate surface area is 158 Å². The van der Waals surface area contributed by atoms with E-state index in [1.165, 1.54) is 17.0 Å². The van der Waals surface area contributed by atoms with Crippen LogP contribution in [0.1, 0.15) is 12.0 Å². The summed E-state index contributed by atoms with van der Waals surface area (Å²) in [6.45, 7) is 0.689. The second-order valence-electron chi connectivity index (χ2n) is 6.20. The first-order valence-corrected chi connectivity index (χ1v) is 8.47. The number of nitrogens with zero attached hydrogens (tertiary/aromatic N) is 3. The molecule has 0 fully saturated rings. The van der Waals surface area contributed by atoms with Crippen molar-refractivity contribution in [1.29, 1.82) is 0 Å². The number of nitro benzene ring substituents is 1. The van der Waals surface area contributed by atoms with Gasteiger partial charge in [0, 0.05) is 39.8 Å². The van der Waals surface area contributed by atoms with Gasteiger partial charge in [-0.1, -0.05) is 12.1 Å². The molecule has 0 N–H and O–H groups in total. The van der Waals surface area contributed by atoms with Gasteiger partial charge in [0.2, 0.25) is 0 Å². The highest BCUT2D eigenvalue weighted by molar-refractivity contribution is 5.69. The van der Waals surface area contributed by atoms with Crippen LogP contribution in [0, 0.1) is 10.1 Å². The molecule has 0 aliphatic rings. The number of ether oxygens (including phenoxy) is 1. The van der Waals surface area contributed by atoms with E-state index >= 15 is 0 Å². The van der Waals surface area contributed by atoms with Gasteiger partial charge in [0.15, 0.2) is 0 Å². The minimum absolute atomic E-state index is 0.0321. The van der Waals surface area contributed by atoms with Gasteiger partial charge in [-0.3, -0.25) is 10.1 Å². The Morgan fingerprint density at radius 1 is 1.00 bits per heavy atom. The van der Waals surface area contributed by atoms with Crippen LogP contribution in [0.4, 0.5) is 10.5 Å². The number of carbonyl (C=O) groups excluding carboxylic acids is 1. The minimum atomic E-state index is -0.444. The van der Waals surface area contributed by atoms with E-state index < -0.39 is 11.0 Å². The van der Waals surface area contributed by atoms with E-state index in [9.17, 15) is 14.9 Å². The normalized spacial score (nSPS) is 10.5. The predicted molar refractivity (Wildman–Crippen MR) is 101 cm³/mol. The fourth-order valence-electron chi connectivity index (χ4n) is 2.28. The molecule has 0 saturated heterocycles. The van der Waals surface area contributed by atoms with Crippen LogP contribution in [0.25, 0.3) is 0 Å². The van der Waals surface area contributed by atoms with Crippen molar-refractivity contribution in [1.82, 2.24) is 9.96 Å². The molecule has 8 heteroatoms. The number of nitro groups is 1. The zero-order valence-electron chi connectivity index (χ0n) is 15.6. The maximum atomic E-state index is 11.5. The molecule has 0 aliphatic carbocycles. The monoisotopic (exact) mass is 373 g/mol. The molecule has 0 atom stereocenters. The zero-order valence-corrected chi connectivity index (χ0v) is 15.6. The molecule has 0 aromatic heterocycles. The van der Waals surface area contributed by atoms with Crippen molar-refractivity contribution in [2.75, 3.05) is 27.7 Å². The fourth-order valence-corrected chi connectivity index (χ4v) is 2.28. The van der Waals surface area contributed by atoms with Crippen molar-refractivity contribution in [2.24, 2.45) is 0 Å². The predicted octanol–water partition coefficient (Wildman–Crippen LogP) is 3.51. The van der Waals surface area contributed by atoms with Crippen molar-refractivity contribution < 1.29 is 19.3 Å². The lowest BCUT2D eigenvalue weighted by atomic mass is 10.1. The average Bonchev–Trinajstić information content (AvgIpc) is 2.63. The summed E-state index contributed by atoms with van der Waals surface area (Å²) in [4.78, 5) is 28.7. The van der Waals surface area contributed by atoms with Crippen LogP contribution in [-0.4, -0.2) is 48.7 Å². The molecule has 1 amide bonds. The number of carbonyl (C=O) groups is 1. The first-order chi connectivity index (χ1) is 12.8. The summed E-state index contributed by atoms with van der Waals surface area (Å²) in [5.41, 5.74) is 1.16. The molecule has 0 bridgehead atoms. The van der Waals surface area contributed by atoms with Gasteiger partial charge in [-0.2, -0.15) is 0 Å². The Bertz CT molecular complexity index is 760. The molecular formula is C19H23N3O5. The highest BCUT2D eigenvalue weighted by atomic mass is 16.7. The van der Waals surface area contributed by atoms with Crippen molar-refractivity contribution in [2.45, 2.75) is 12.8 Å². The van der Waals surface area contributed by atoms with E-state index in [2.05, 4.69) is 0 Å². The Morgan fingerprint density at radius 3 is 2.15 bits per heavy atom. The largest absolute Gasteiger partial charge is 0.414 e. The van der Waals surface area contributed by atoms with Crippen molar-refractivity contribution in [3.8, 4) is 11.5 Å². The number of aryl methyl sites for hydroxylation is 1. The quantitative estimate of drug-likeness (QED) is 0.520. The number of hydrogen-bond acceptors (Lipinski definition) is 6. The molecule has 0 aliphatic heterocycles. The number of hydrogen-bond donors (Lipinski definition) is 0. The zero-order chi connectivity index (χ0) is 19.8. The van der Waals surface area contributed by atoms with Crippen LogP contribution in [0.2, 0.25) is 0 Å². The van der Waals surface area contributed by atoms with Gasteiger partial charge >= 0.3 is 6.09 Å². The molecule has 0 radical (unpaired) electrons. The highest BCUT2D eigenvalue weighted by Crippen LogP contribution is 2.18. The van der Waals surface area contributed by atoms with E-state index in [0.717, 1.165) is 18.4 Å². The Balaban J connectivity index is 1.75. The molecule has 144 valence electrons. The molecule has 8 nitrogen and oxygen atoms in total. The molecule has 27 heavy (non-hydrogen) atoms. The van der Waals surface area contributed by atoms with Gasteiger partial charge in [-0.15, -0.1) is 5.06 Å². The summed E-state index contributed by atoms with van der Waals surface area (Å²) in [5.74, 6) is 1.06. The average molecular weight is 373 g/mol. The van der Waals surface area contributed by atoms with Gasteiger partial charge in [0.25, 0.3) is 5.69 Å². The van der Waals surface area contributed by atoms with Crippen molar-refractivity contribution in [3.63, 3.8) is 0 Å². The number of rotatable bonds is 8. The van der Waals surface area contributed by atoms with E-state index in [4.69, 9.17) is 9.57 Å². The van der Waals surface area contributed by atoms with Crippen LogP contribution in [0.15, 0.2) is 48.5 Å². The third-order valence-electron chi connectivity index (χ3n) is 3.74. The number of hydroxylamine groups is 2. The SMILES string of the molecule is CN(CCCc1ccc(OC(=O)N(C)C)cc1)Oc1ccc([N+](=O)[O-])cc1. The van der Waals surface area contributed by atoms with Gasteiger partial charge in [0.1, 0.15) is 11.5 Å². The second kappa shape index (κ2) is 9.54. The lowest BCUT2D eigenvalue weighted by molar-refractivity contribution is -0.384. The van der Waals surface area contributed by atoms with E-state index in [0.29, 0.717) is 18.0 Å². The fraction of sp³-hybridized carbons (Fsp3) is 0.316. The van der Waals surface area contributed by atoms with Crippen LogP contribution < -0.4 is 9.57 Å². The summed E-state index contributed by atoms with van der Waals surface area (Å²) in [6, 6.07) is 13.4. The lowest BCUT2D eigenvalue weighted by Crippen LogP contribution is -2.25. The first-order valence-electron chi connectivity index (χ1n) is 8.47. The summed E-state index contributed by atoms with van der Waals surface area (Å²) in [7, 11) is 5.07. The van der Waals surface area contributed by atoms with Crippen molar-refractivity contribution in [3.05, 3.63) is 64.2 Å². The van der Waals surface area contributed by atoms with Gasteiger partial charge in [-0.25, -0.2) is 4.79 Å². The van der Waals surface area contributed by atoms with Crippen LogP contribution >= 0.6 is 0 Å². The smallest absolute Gasteiger partial charge is 0.410 e. The number of amides is 1. The van der Waals surface area contributed by atoms with Crippen LogP contribution in [-0.2, 0) is 6.42 Å². The first kappa shape index (κ1) is 20.2. The molecule has 2 aromatic rings. The van der Waals surface area contributed by atoms with Gasteiger partial charge in [0.05, 0.1) is 4.92 Å². The molecule has 2 aromatic carbocycles. The Morgan fingerprint density at radius 2 is 1.59 bits per heavy atom. The van der Waals surface area contributed by atoms with Crippen LogP contribution in [0.3, 0.4) is 0 Å². The van der Waals surface area contributed by atoms with E-state index in [1.54, 1.807) is 43.4 Å². The van der Waals surface area contributed by atoms with E-state index in [-0.39, 0.29) is 5.69 Å². The molecule has 0 spiro atoms. The molecule has 0 unspecified atom stereocenters. The molecule has 0 saturated carbocycles. The highest BCUT2D eigenvalue weighted by Gasteiger charge is 2.08. The molecule has 2 rings (SSSR count). The van der Waals surface area contributed by atoms with Gasteiger partial charge in [-0.05, 0) is 42.7 Å². The maximum absolute atomic E-state index is 11.5. The summed E-state index contributed by atoms with van der Waals surface area (Å²) < 4.78 is 5.18. The summed E-state index contributed by atoms with van der Waals surface area (Å²) in [5, 5.41) is 12.3.